The summed E-state index contributed by atoms with van der Waals surface area (Å²) in [7, 11) is 0. The molecule has 0 radical (unpaired) electrons. The molecule has 142 valence electrons. The monoisotopic (exact) mass is 407 g/mol. The van der Waals surface area contributed by atoms with E-state index in [0.717, 1.165) is 16.7 Å². The first kappa shape index (κ1) is 19.5. The molecule has 2 aromatic carbocycles. The highest BCUT2D eigenvalue weighted by molar-refractivity contribution is 6.34. The van der Waals surface area contributed by atoms with Gasteiger partial charge in [-0.3, -0.25) is 9.59 Å². The van der Waals surface area contributed by atoms with Gasteiger partial charge in [-0.2, -0.15) is 0 Å². The number of carbonyl (C=O) groups is 2. The van der Waals surface area contributed by atoms with Gasteiger partial charge >= 0.3 is 5.97 Å². The van der Waals surface area contributed by atoms with Gasteiger partial charge < -0.3 is 14.8 Å². The number of anilines is 1. The summed E-state index contributed by atoms with van der Waals surface area (Å²) in [5.41, 5.74) is 3.21. The van der Waals surface area contributed by atoms with Crippen LogP contribution in [0.2, 0.25) is 10.0 Å². The highest BCUT2D eigenvalue weighted by Gasteiger charge is 2.28. The lowest BCUT2D eigenvalue weighted by molar-refractivity contribution is -0.152. The molecule has 0 fully saturated rings. The van der Waals surface area contributed by atoms with Crippen molar-refractivity contribution in [2.24, 2.45) is 5.92 Å². The minimum absolute atomic E-state index is 0.206. The molecule has 0 aromatic heterocycles. The van der Waals surface area contributed by atoms with E-state index in [1.807, 2.05) is 19.9 Å². The summed E-state index contributed by atoms with van der Waals surface area (Å²) in [6, 6.07) is 8.96. The van der Waals surface area contributed by atoms with Gasteiger partial charge in [-0.1, -0.05) is 29.3 Å². The first-order chi connectivity index (χ1) is 12.8. The maximum Gasteiger partial charge on any atom is 0.313 e. The first-order valence-electron chi connectivity index (χ1n) is 8.48. The summed E-state index contributed by atoms with van der Waals surface area (Å²) in [6.07, 6.45) is 0.458. The molecule has 0 saturated carbocycles. The van der Waals surface area contributed by atoms with Gasteiger partial charge in [-0.05, 0) is 61.2 Å². The van der Waals surface area contributed by atoms with Gasteiger partial charge in [-0.15, -0.1) is 0 Å². The number of aryl methyl sites for hydroxylation is 2. The van der Waals surface area contributed by atoms with Gasteiger partial charge in [0.15, 0.2) is 6.61 Å². The Kier molecular flexibility index (Phi) is 5.92. The van der Waals surface area contributed by atoms with Crippen molar-refractivity contribution < 1.29 is 19.1 Å². The van der Waals surface area contributed by atoms with Crippen LogP contribution in [-0.2, 0) is 20.7 Å². The second kappa shape index (κ2) is 8.19. The summed E-state index contributed by atoms with van der Waals surface area (Å²) < 4.78 is 10.7. The molecule has 1 heterocycles. The Morgan fingerprint density at radius 1 is 1.22 bits per heavy atom. The summed E-state index contributed by atoms with van der Waals surface area (Å²) in [4.78, 5) is 24.4. The van der Waals surface area contributed by atoms with Crippen molar-refractivity contribution in [2.45, 2.75) is 20.3 Å². The fourth-order valence-electron chi connectivity index (χ4n) is 3.02. The topological polar surface area (TPSA) is 64.6 Å². The van der Waals surface area contributed by atoms with E-state index in [0.29, 0.717) is 27.9 Å². The molecule has 0 aliphatic carbocycles. The molecule has 0 spiro atoms. The summed E-state index contributed by atoms with van der Waals surface area (Å²) in [5.74, 6) is -0.695. The van der Waals surface area contributed by atoms with E-state index in [1.54, 1.807) is 24.3 Å². The Labute approximate surface area is 167 Å². The zero-order chi connectivity index (χ0) is 19.6. The van der Waals surface area contributed by atoms with Gasteiger partial charge in [0.1, 0.15) is 12.4 Å². The van der Waals surface area contributed by atoms with Crippen LogP contribution >= 0.6 is 23.2 Å². The van der Waals surface area contributed by atoms with Crippen molar-refractivity contribution >= 4 is 40.8 Å². The fraction of sp³-hybridized carbons (Fsp3) is 0.300. The van der Waals surface area contributed by atoms with E-state index >= 15 is 0 Å². The van der Waals surface area contributed by atoms with Gasteiger partial charge in [0.2, 0.25) is 0 Å². The van der Waals surface area contributed by atoms with Gasteiger partial charge in [-0.25, -0.2) is 0 Å². The van der Waals surface area contributed by atoms with Crippen molar-refractivity contribution in [3.8, 4) is 5.75 Å². The molecule has 1 amide bonds. The van der Waals surface area contributed by atoms with Crippen LogP contribution in [0, 0.1) is 19.8 Å². The van der Waals surface area contributed by atoms with Crippen LogP contribution < -0.4 is 10.1 Å². The molecule has 5 nitrogen and oxygen atoms in total. The fourth-order valence-corrected chi connectivity index (χ4v) is 3.58. The number of esters is 1. The van der Waals surface area contributed by atoms with Crippen LogP contribution in [0.3, 0.4) is 0 Å². The number of benzene rings is 2. The Balaban J connectivity index is 1.56. The largest absolute Gasteiger partial charge is 0.492 e. The van der Waals surface area contributed by atoms with Crippen molar-refractivity contribution in [1.82, 2.24) is 0 Å². The lowest BCUT2D eigenvalue weighted by Gasteiger charge is -2.24. The Morgan fingerprint density at radius 3 is 2.74 bits per heavy atom. The predicted octanol–water partition coefficient (Wildman–Crippen LogP) is 4.34. The minimum Gasteiger partial charge on any atom is -0.492 e. The number of fused-ring (bicyclic) bond motifs is 1. The number of hydrogen-bond donors (Lipinski definition) is 1. The number of carbonyl (C=O) groups excluding carboxylic acids is 2. The smallest absolute Gasteiger partial charge is 0.313 e. The summed E-state index contributed by atoms with van der Waals surface area (Å²) in [6.45, 7) is 3.59. The van der Waals surface area contributed by atoms with Gasteiger partial charge in [0.05, 0.1) is 16.6 Å². The van der Waals surface area contributed by atoms with Crippen molar-refractivity contribution in [2.75, 3.05) is 18.5 Å². The molecule has 0 saturated heterocycles. The minimum atomic E-state index is -0.484. The molecule has 27 heavy (non-hydrogen) atoms. The van der Waals surface area contributed by atoms with Gasteiger partial charge in [0.25, 0.3) is 5.91 Å². The molecule has 2 aromatic rings. The lowest BCUT2D eigenvalue weighted by Crippen LogP contribution is -2.32. The van der Waals surface area contributed by atoms with Crippen molar-refractivity contribution in [3.63, 3.8) is 0 Å². The standard InChI is InChI=1S/C20H19Cl2NO4/c1-11-5-12(2)19(16(22)6-11)23-18(24)10-27-20(25)14-7-13-8-15(21)3-4-17(13)26-9-14/h3-6,8,14H,7,9-10H2,1-2H3,(H,23,24)/t14-/m0/s1. The van der Waals surface area contributed by atoms with Gasteiger partial charge in [0, 0.05) is 5.02 Å². The van der Waals surface area contributed by atoms with Crippen molar-refractivity contribution in [1.29, 1.82) is 0 Å². The normalized spacial score (nSPS) is 15.5. The number of rotatable bonds is 4. The number of ether oxygens (including phenoxy) is 2. The van der Waals surface area contributed by atoms with E-state index in [4.69, 9.17) is 32.7 Å². The number of nitrogens with one attached hydrogen (secondary N) is 1. The molecule has 3 rings (SSSR count). The Morgan fingerprint density at radius 2 is 2.00 bits per heavy atom. The Bertz CT molecular complexity index is 875. The lowest BCUT2D eigenvalue weighted by atomic mass is 9.97. The van der Waals surface area contributed by atoms with E-state index in [9.17, 15) is 9.59 Å². The highest BCUT2D eigenvalue weighted by Crippen LogP contribution is 2.30. The SMILES string of the molecule is Cc1cc(C)c(NC(=O)COC(=O)[C@@H]2COc3ccc(Cl)cc3C2)c(Cl)c1. The maximum absolute atomic E-state index is 12.3. The first-order valence-corrected chi connectivity index (χ1v) is 9.23. The predicted molar refractivity (Wildman–Crippen MR) is 105 cm³/mol. The molecule has 1 aliphatic rings. The van der Waals surface area contributed by atoms with Crippen LogP contribution in [0.4, 0.5) is 5.69 Å². The third-order valence-electron chi connectivity index (χ3n) is 4.30. The quantitative estimate of drug-likeness (QED) is 0.765. The average Bonchev–Trinajstić information content (AvgIpc) is 2.62. The summed E-state index contributed by atoms with van der Waals surface area (Å²) in [5, 5.41) is 3.72. The molecule has 1 aliphatic heterocycles. The number of hydrogen-bond acceptors (Lipinski definition) is 4. The second-order valence-electron chi connectivity index (χ2n) is 6.56. The highest BCUT2D eigenvalue weighted by atomic mass is 35.5. The second-order valence-corrected chi connectivity index (χ2v) is 7.40. The third-order valence-corrected chi connectivity index (χ3v) is 4.84. The number of halogens is 2. The molecule has 1 N–H and O–H groups in total. The van der Waals surface area contributed by atoms with E-state index < -0.39 is 17.8 Å². The molecule has 0 unspecified atom stereocenters. The van der Waals surface area contributed by atoms with Crippen LogP contribution in [0.25, 0.3) is 0 Å². The maximum atomic E-state index is 12.3. The Hall–Kier alpha value is -2.24. The zero-order valence-electron chi connectivity index (χ0n) is 15.0. The van der Waals surface area contributed by atoms with E-state index in [2.05, 4.69) is 5.32 Å². The molecule has 1 atom stereocenters. The number of amides is 1. The van der Waals surface area contributed by atoms with Crippen molar-refractivity contribution in [3.05, 3.63) is 57.1 Å². The molecule has 7 heteroatoms. The van der Waals surface area contributed by atoms with E-state index in [1.165, 1.54) is 0 Å². The van der Waals surface area contributed by atoms with Crippen LogP contribution in [0.5, 0.6) is 5.75 Å². The molecule has 0 bridgehead atoms. The average molecular weight is 408 g/mol. The molecular weight excluding hydrogens is 389 g/mol. The van der Waals surface area contributed by atoms with E-state index in [-0.39, 0.29) is 13.2 Å². The van der Waals surface area contributed by atoms with Crippen LogP contribution in [0.15, 0.2) is 30.3 Å². The molecular formula is C20H19Cl2NO4. The summed E-state index contributed by atoms with van der Waals surface area (Å²) >= 11 is 12.2. The third kappa shape index (κ3) is 4.73. The van der Waals surface area contributed by atoms with Crippen LogP contribution in [-0.4, -0.2) is 25.1 Å². The van der Waals surface area contributed by atoms with Crippen LogP contribution in [0.1, 0.15) is 16.7 Å². The zero-order valence-corrected chi connectivity index (χ0v) is 16.5.